The smallest absolute Gasteiger partial charge is 0.330 e. The van der Waals surface area contributed by atoms with E-state index in [9.17, 15) is 17.6 Å². The standard InChI is InChI=1S/C8H14F4O2/c1-5(2)6(13)3-14-4-8(11,12)7(9)10/h5-7,13H,3-4H2,1-2H3. The van der Waals surface area contributed by atoms with E-state index in [1.807, 2.05) is 0 Å². The van der Waals surface area contributed by atoms with E-state index in [0.717, 1.165) is 0 Å². The molecule has 1 atom stereocenters. The number of halogens is 4. The highest BCUT2D eigenvalue weighted by Gasteiger charge is 2.41. The molecule has 0 aliphatic heterocycles. The Bertz CT molecular complexity index is 161. The van der Waals surface area contributed by atoms with Crippen molar-refractivity contribution in [3.05, 3.63) is 0 Å². The SMILES string of the molecule is CC(C)C(O)COCC(F)(F)C(F)F. The molecule has 0 aliphatic rings. The third kappa shape index (κ3) is 4.76. The number of aliphatic hydroxyl groups is 1. The molecule has 0 saturated carbocycles. The first kappa shape index (κ1) is 13.6. The van der Waals surface area contributed by atoms with E-state index in [4.69, 9.17) is 5.11 Å². The molecule has 6 heteroatoms. The number of hydrogen-bond donors (Lipinski definition) is 1. The zero-order chi connectivity index (χ0) is 11.4. The molecule has 0 amide bonds. The van der Waals surface area contributed by atoms with Crippen LogP contribution >= 0.6 is 0 Å². The number of ether oxygens (including phenoxy) is 1. The predicted molar refractivity (Wildman–Crippen MR) is 42.6 cm³/mol. The van der Waals surface area contributed by atoms with Crippen molar-refractivity contribution >= 4 is 0 Å². The normalized spacial score (nSPS) is 15.2. The molecule has 86 valence electrons. The van der Waals surface area contributed by atoms with Crippen molar-refractivity contribution < 1.29 is 27.4 Å². The van der Waals surface area contributed by atoms with E-state index in [-0.39, 0.29) is 12.5 Å². The number of hydrogen-bond acceptors (Lipinski definition) is 2. The molecule has 14 heavy (non-hydrogen) atoms. The van der Waals surface area contributed by atoms with Gasteiger partial charge in [0, 0.05) is 0 Å². The summed E-state index contributed by atoms with van der Waals surface area (Å²) in [5, 5.41) is 9.10. The fourth-order valence-corrected chi connectivity index (χ4v) is 0.571. The van der Waals surface area contributed by atoms with Gasteiger partial charge in [0.25, 0.3) is 0 Å². The van der Waals surface area contributed by atoms with Crippen LogP contribution in [0.25, 0.3) is 0 Å². The van der Waals surface area contributed by atoms with Crippen molar-refractivity contribution in [3.8, 4) is 0 Å². The maximum Gasteiger partial charge on any atom is 0.330 e. The Labute approximate surface area is 79.9 Å². The summed E-state index contributed by atoms with van der Waals surface area (Å²) in [7, 11) is 0. The van der Waals surface area contributed by atoms with Gasteiger partial charge in [0.15, 0.2) is 0 Å². The molecule has 1 unspecified atom stereocenters. The third-order valence-corrected chi connectivity index (χ3v) is 1.67. The van der Waals surface area contributed by atoms with Crippen LogP contribution in [0.15, 0.2) is 0 Å². The molecule has 0 bridgehead atoms. The summed E-state index contributed by atoms with van der Waals surface area (Å²) >= 11 is 0. The predicted octanol–water partition coefficient (Wildman–Crippen LogP) is 1.92. The van der Waals surface area contributed by atoms with Crippen molar-refractivity contribution in [1.82, 2.24) is 0 Å². The van der Waals surface area contributed by atoms with E-state index in [2.05, 4.69) is 4.74 Å². The summed E-state index contributed by atoms with van der Waals surface area (Å²) in [4.78, 5) is 0. The Balaban J connectivity index is 3.74. The Morgan fingerprint density at radius 3 is 2.14 bits per heavy atom. The molecule has 2 nitrogen and oxygen atoms in total. The topological polar surface area (TPSA) is 29.5 Å². The molecule has 0 aromatic carbocycles. The average molecular weight is 218 g/mol. The number of rotatable bonds is 6. The van der Waals surface area contributed by atoms with Crippen molar-refractivity contribution in [1.29, 1.82) is 0 Å². The van der Waals surface area contributed by atoms with Gasteiger partial charge < -0.3 is 9.84 Å². The van der Waals surface area contributed by atoms with Crippen LogP contribution in [0, 0.1) is 5.92 Å². The molecule has 0 aromatic rings. The maximum atomic E-state index is 12.2. The second-order valence-electron chi connectivity index (χ2n) is 3.39. The Morgan fingerprint density at radius 1 is 1.29 bits per heavy atom. The van der Waals surface area contributed by atoms with E-state index < -0.39 is 25.1 Å². The van der Waals surface area contributed by atoms with Crippen molar-refractivity contribution in [2.75, 3.05) is 13.2 Å². The van der Waals surface area contributed by atoms with Crippen LogP contribution in [-0.2, 0) is 4.74 Å². The van der Waals surface area contributed by atoms with E-state index in [1.54, 1.807) is 13.8 Å². The maximum absolute atomic E-state index is 12.2. The highest BCUT2D eigenvalue weighted by molar-refractivity contribution is 4.68. The molecule has 0 spiro atoms. The highest BCUT2D eigenvalue weighted by atomic mass is 19.3. The van der Waals surface area contributed by atoms with Crippen LogP contribution in [0.2, 0.25) is 0 Å². The zero-order valence-corrected chi connectivity index (χ0v) is 8.01. The monoisotopic (exact) mass is 218 g/mol. The lowest BCUT2D eigenvalue weighted by molar-refractivity contribution is -0.171. The summed E-state index contributed by atoms with van der Waals surface area (Å²) in [6.07, 6.45) is -4.65. The molecule has 0 heterocycles. The Kier molecular flexibility index (Phi) is 5.36. The van der Waals surface area contributed by atoms with Gasteiger partial charge in [0.05, 0.1) is 12.7 Å². The number of alkyl halides is 4. The highest BCUT2D eigenvalue weighted by Crippen LogP contribution is 2.22. The molecular weight excluding hydrogens is 204 g/mol. The molecule has 0 aliphatic carbocycles. The first-order chi connectivity index (χ1) is 6.27. The summed E-state index contributed by atoms with van der Waals surface area (Å²) in [6.45, 7) is 1.60. The van der Waals surface area contributed by atoms with Gasteiger partial charge in [0.2, 0.25) is 0 Å². The molecule has 0 aromatic heterocycles. The molecule has 0 radical (unpaired) electrons. The first-order valence-electron chi connectivity index (χ1n) is 4.19. The molecule has 0 fully saturated rings. The van der Waals surface area contributed by atoms with Gasteiger partial charge in [-0.1, -0.05) is 13.8 Å². The van der Waals surface area contributed by atoms with Crippen LogP contribution in [-0.4, -0.2) is 36.8 Å². The Morgan fingerprint density at radius 2 is 1.79 bits per heavy atom. The van der Waals surface area contributed by atoms with Gasteiger partial charge in [0.1, 0.15) is 6.61 Å². The molecule has 0 saturated heterocycles. The van der Waals surface area contributed by atoms with Crippen LogP contribution < -0.4 is 0 Å². The van der Waals surface area contributed by atoms with Crippen LogP contribution in [0.3, 0.4) is 0 Å². The van der Waals surface area contributed by atoms with Gasteiger partial charge >= 0.3 is 12.3 Å². The van der Waals surface area contributed by atoms with Gasteiger partial charge in [-0.25, -0.2) is 8.78 Å². The van der Waals surface area contributed by atoms with Gasteiger partial charge in [-0.2, -0.15) is 8.78 Å². The largest absolute Gasteiger partial charge is 0.390 e. The number of aliphatic hydroxyl groups excluding tert-OH is 1. The lowest BCUT2D eigenvalue weighted by Crippen LogP contribution is -2.34. The lowest BCUT2D eigenvalue weighted by atomic mass is 10.1. The summed E-state index contributed by atoms with van der Waals surface area (Å²) in [6, 6.07) is 0. The van der Waals surface area contributed by atoms with E-state index >= 15 is 0 Å². The van der Waals surface area contributed by atoms with Gasteiger partial charge in [-0.3, -0.25) is 0 Å². The quantitative estimate of drug-likeness (QED) is 0.690. The lowest BCUT2D eigenvalue weighted by Gasteiger charge is -2.18. The van der Waals surface area contributed by atoms with E-state index in [0.29, 0.717) is 0 Å². The minimum atomic E-state index is -4.14. The van der Waals surface area contributed by atoms with Crippen LogP contribution in [0.4, 0.5) is 17.6 Å². The third-order valence-electron chi connectivity index (χ3n) is 1.67. The van der Waals surface area contributed by atoms with Crippen molar-refractivity contribution in [3.63, 3.8) is 0 Å². The second kappa shape index (κ2) is 5.50. The minimum Gasteiger partial charge on any atom is -0.390 e. The average Bonchev–Trinajstić information content (AvgIpc) is 2.03. The van der Waals surface area contributed by atoms with Crippen LogP contribution in [0.1, 0.15) is 13.8 Å². The zero-order valence-electron chi connectivity index (χ0n) is 8.01. The summed E-state index contributed by atoms with van der Waals surface area (Å²) in [5.74, 6) is -4.30. The fourth-order valence-electron chi connectivity index (χ4n) is 0.571. The minimum absolute atomic E-state index is 0.157. The summed E-state index contributed by atoms with van der Waals surface area (Å²) < 4.78 is 52.0. The first-order valence-corrected chi connectivity index (χ1v) is 4.19. The van der Waals surface area contributed by atoms with Crippen LogP contribution in [0.5, 0.6) is 0 Å². The van der Waals surface area contributed by atoms with E-state index in [1.165, 1.54) is 0 Å². The Hall–Kier alpha value is -0.360. The molecular formula is C8H14F4O2. The van der Waals surface area contributed by atoms with Crippen molar-refractivity contribution in [2.45, 2.75) is 32.3 Å². The van der Waals surface area contributed by atoms with Crippen molar-refractivity contribution in [2.24, 2.45) is 5.92 Å². The molecule has 1 N–H and O–H groups in total. The second-order valence-corrected chi connectivity index (χ2v) is 3.39. The van der Waals surface area contributed by atoms with Gasteiger partial charge in [-0.15, -0.1) is 0 Å². The molecule has 0 rings (SSSR count). The van der Waals surface area contributed by atoms with Gasteiger partial charge in [-0.05, 0) is 5.92 Å². The fraction of sp³-hybridized carbons (Fsp3) is 1.00. The summed E-state index contributed by atoms with van der Waals surface area (Å²) in [5.41, 5.74) is 0.